The van der Waals surface area contributed by atoms with Crippen molar-refractivity contribution >= 4 is 6.09 Å². The second kappa shape index (κ2) is 5.00. The van der Waals surface area contributed by atoms with E-state index in [1.165, 1.54) is 32.1 Å². The topological polar surface area (TPSA) is 55.6 Å². The van der Waals surface area contributed by atoms with Gasteiger partial charge in [-0.05, 0) is 12.8 Å². The Morgan fingerprint density at radius 2 is 2.17 bits per heavy atom. The molecule has 5 heteroatoms. The molecule has 5 nitrogen and oxygen atoms in total. The SMILES string of the molecule is O=C1OCCN1Cc1cc(C2CCCCC2)no1. The minimum atomic E-state index is -0.259. The lowest BCUT2D eigenvalue weighted by Crippen LogP contribution is -2.23. The van der Waals surface area contributed by atoms with Crippen molar-refractivity contribution in [3.8, 4) is 0 Å². The molecule has 1 aliphatic carbocycles. The van der Waals surface area contributed by atoms with Crippen molar-refractivity contribution in [3.05, 3.63) is 17.5 Å². The van der Waals surface area contributed by atoms with Crippen LogP contribution in [0.1, 0.15) is 49.5 Å². The number of ether oxygens (including phenoxy) is 1. The third kappa shape index (κ3) is 2.35. The number of aromatic nitrogens is 1. The third-order valence-electron chi connectivity index (χ3n) is 3.79. The highest BCUT2D eigenvalue weighted by molar-refractivity contribution is 5.69. The molecule has 98 valence electrons. The van der Waals surface area contributed by atoms with Crippen LogP contribution in [0.4, 0.5) is 4.79 Å². The van der Waals surface area contributed by atoms with Gasteiger partial charge in [0.05, 0.1) is 18.8 Å². The van der Waals surface area contributed by atoms with Gasteiger partial charge in [-0.3, -0.25) is 4.90 Å². The van der Waals surface area contributed by atoms with Crippen LogP contribution in [-0.4, -0.2) is 29.3 Å². The summed E-state index contributed by atoms with van der Waals surface area (Å²) in [5.74, 6) is 1.30. The molecule has 1 amide bonds. The van der Waals surface area contributed by atoms with Crippen LogP contribution in [0.3, 0.4) is 0 Å². The number of cyclic esters (lactones) is 1. The highest BCUT2D eigenvalue weighted by Crippen LogP contribution is 2.32. The van der Waals surface area contributed by atoms with Gasteiger partial charge in [0.25, 0.3) is 0 Å². The molecular formula is C13H18N2O3. The first-order chi connectivity index (χ1) is 8.83. The van der Waals surface area contributed by atoms with Crippen molar-refractivity contribution in [1.29, 1.82) is 0 Å². The zero-order chi connectivity index (χ0) is 12.4. The van der Waals surface area contributed by atoms with E-state index >= 15 is 0 Å². The van der Waals surface area contributed by atoms with Crippen molar-refractivity contribution in [1.82, 2.24) is 10.1 Å². The molecule has 1 saturated heterocycles. The van der Waals surface area contributed by atoms with E-state index in [0.717, 1.165) is 11.5 Å². The van der Waals surface area contributed by atoms with Gasteiger partial charge in [-0.2, -0.15) is 0 Å². The average molecular weight is 250 g/mol. The Morgan fingerprint density at radius 1 is 1.33 bits per heavy atom. The summed E-state index contributed by atoms with van der Waals surface area (Å²) in [4.78, 5) is 13.0. The van der Waals surface area contributed by atoms with Crippen molar-refractivity contribution in [3.63, 3.8) is 0 Å². The first-order valence-electron chi connectivity index (χ1n) is 6.70. The second-order valence-electron chi connectivity index (χ2n) is 5.09. The predicted octanol–water partition coefficient (Wildman–Crippen LogP) is 2.67. The molecule has 0 atom stereocenters. The first kappa shape index (κ1) is 11.6. The fourth-order valence-electron chi connectivity index (χ4n) is 2.75. The fourth-order valence-corrected chi connectivity index (χ4v) is 2.75. The summed E-state index contributed by atoms with van der Waals surface area (Å²) >= 11 is 0. The van der Waals surface area contributed by atoms with Crippen LogP contribution < -0.4 is 0 Å². The van der Waals surface area contributed by atoms with Crippen molar-refractivity contribution in [2.45, 2.75) is 44.6 Å². The molecule has 0 bridgehead atoms. The van der Waals surface area contributed by atoms with Gasteiger partial charge in [0, 0.05) is 12.0 Å². The fraction of sp³-hybridized carbons (Fsp3) is 0.692. The number of amides is 1. The van der Waals surface area contributed by atoms with Gasteiger partial charge < -0.3 is 9.26 Å². The Hall–Kier alpha value is -1.52. The van der Waals surface area contributed by atoms with E-state index in [2.05, 4.69) is 5.16 Å². The molecule has 0 unspecified atom stereocenters. The maximum Gasteiger partial charge on any atom is 0.410 e. The van der Waals surface area contributed by atoms with Gasteiger partial charge in [0.2, 0.25) is 0 Å². The van der Waals surface area contributed by atoms with Crippen LogP contribution in [0.2, 0.25) is 0 Å². The maximum absolute atomic E-state index is 11.3. The zero-order valence-electron chi connectivity index (χ0n) is 10.4. The Bertz CT molecular complexity index is 424. The number of carbonyl (C=O) groups excluding carboxylic acids is 1. The van der Waals surface area contributed by atoms with Crippen LogP contribution >= 0.6 is 0 Å². The molecule has 3 rings (SSSR count). The van der Waals surface area contributed by atoms with Crippen molar-refractivity contribution in [2.75, 3.05) is 13.2 Å². The lowest BCUT2D eigenvalue weighted by molar-refractivity contribution is 0.154. The molecule has 0 spiro atoms. The highest BCUT2D eigenvalue weighted by Gasteiger charge is 2.25. The maximum atomic E-state index is 11.3. The number of nitrogens with zero attached hydrogens (tertiary/aromatic N) is 2. The highest BCUT2D eigenvalue weighted by atomic mass is 16.6. The molecular weight excluding hydrogens is 232 g/mol. The molecule has 2 heterocycles. The number of hydrogen-bond acceptors (Lipinski definition) is 4. The normalized spacial score (nSPS) is 21.3. The van der Waals surface area contributed by atoms with E-state index in [1.807, 2.05) is 6.07 Å². The van der Waals surface area contributed by atoms with Gasteiger partial charge in [-0.25, -0.2) is 4.79 Å². The largest absolute Gasteiger partial charge is 0.448 e. The second-order valence-corrected chi connectivity index (χ2v) is 5.09. The molecule has 0 aromatic carbocycles. The smallest absolute Gasteiger partial charge is 0.410 e. The van der Waals surface area contributed by atoms with Crippen LogP contribution in [0, 0.1) is 0 Å². The van der Waals surface area contributed by atoms with E-state index in [9.17, 15) is 4.79 Å². The molecule has 2 fully saturated rings. The average Bonchev–Trinajstić information content (AvgIpc) is 3.02. The van der Waals surface area contributed by atoms with E-state index in [4.69, 9.17) is 9.26 Å². The van der Waals surface area contributed by atoms with Gasteiger partial charge >= 0.3 is 6.09 Å². The molecule has 1 aliphatic heterocycles. The zero-order valence-corrected chi connectivity index (χ0v) is 10.4. The van der Waals surface area contributed by atoms with Crippen LogP contribution in [0.25, 0.3) is 0 Å². The van der Waals surface area contributed by atoms with Crippen LogP contribution in [0.5, 0.6) is 0 Å². The van der Waals surface area contributed by atoms with Crippen LogP contribution in [-0.2, 0) is 11.3 Å². The summed E-state index contributed by atoms with van der Waals surface area (Å²) < 4.78 is 10.2. The number of hydrogen-bond donors (Lipinski definition) is 0. The van der Waals surface area contributed by atoms with Gasteiger partial charge in [-0.1, -0.05) is 24.4 Å². The first-order valence-corrected chi connectivity index (χ1v) is 6.70. The van der Waals surface area contributed by atoms with Crippen LogP contribution in [0.15, 0.2) is 10.6 Å². The minimum Gasteiger partial charge on any atom is -0.448 e. The monoisotopic (exact) mass is 250 g/mol. The quantitative estimate of drug-likeness (QED) is 0.827. The van der Waals surface area contributed by atoms with E-state index in [0.29, 0.717) is 25.6 Å². The minimum absolute atomic E-state index is 0.259. The van der Waals surface area contributed by atoms with Crippen molar-refractivity contribution < 1.29 is 14.1 Å². The summed E-state index contributed by atoms with van der Waals surface area (Å²) in [6.07, 6.45) is 6.05. The Morgan fingerprint density at radius 3 is 2.89 bits per heavy atom. The Balaban J connectivity index is 1.63. The van der Waals surface area contributed by atoms with Gasteiger partial charge in [0.1, 0.15) is 6.61 Å². The summed E-state index contributed by atoms with van der Waals surface area (Å²) in [5, 5.41) is 4.15. The predicted molar refractivity (Wildman–Crippen MR) is 64.1 cm³/mol. The summed E-state index contributed by atoms with van der Waals surface area (Å²) in [6.45, 7) is 1.58. The lowest BCUT2D eigenvalue weighted by atomic mass is 9.87. The number of carbonyl (C=O) groups is 1. The molecule has 1 aromatic rings. The molecule has 18 heavy (non-hydrogen) atoms. The molecule has 2 aliphatic rings. The Labute approximate surface area is 106 Å². The third-order valence-corrected chi connectivity index (χ3v) is 3.79. The van der Waals surface area contributed by atoms with E-state index in [-0.39, 0.29) is 6.09 Å². The molecule has 1 aromatic heterocycles. The molecule has 0 N–H and O–H groups in total. The van der Waals surface area contributed by atoms with Gasteiger partial charge in [-0.15, -0.1) is 0 Å². The summed E-state index contributed by atoms with van der Waals surface area (Å²) in [6, 6.07) is 2.00. The van der Waals surface area contributed by atoms with Crippen molar-refractivity contribution in [2.24, 2.45) is 0 Å². The van der Waals surface area contributed by atoms with Gasteiger partial charge in [0.15, 0.2) is 5.76 Å². The summed E-state index contributed by atoms with van der Waals surface area (Å²) in [5.41, 5.74) is 1.05. The summed E-state index contributed by atoms with van der Waals surface area (Å²) in [7, 11) is 0. The molecule has 0 radical (unpaired) electrons. The lowest BCUT2D eigenvalue weighted by Gasteiger charge is -2.18. The number of rotatable bonds is 3. The van der Waals surface area contributed by atoms with E-state index in [1.54, 1.807) is 4.90 Å². The van der Waals surface area contributed by atoms with E-state index < -0.39 is 0 Å². The Kier molecular flexibility index (Phi) is 3.21. The standard InChI is InChI=1S/C13H18N2O3/c16-13-15(6-7-17-13)9-11-8-12(14-18-11)10-4-2-1-3-5-10/h8,10H,1-7,9H2. The molecule has 1 saturated carbocycles.